The third kappa shape index (κ3) is 3.37. The molecule has 0 saturated carbocycles. The molecule has 0 bridgehead atoms. The van der Waals surface area contributed by atoms with Gasteiger partial charge in [-0.1, -0.05) is 6.58 Å². The van der Waals surface area contributed by atoms with Crippen LogP contribution in [0.3, 0.4) is 0 Å². The first-order valence-corrected chi connectivity index (χ1v) is 8.22. The summed E-state index contributed by atoms with van der Waals surface area (Å²) in [5.74, 6) is -0.857. The number of benzene rings is 1. The van der Waals surface area contributed by atoms with Gasteiger partial charge in [0.15, 0.2) is 0 Å². The summed E-state index contributed by atoms with van der Waals surface area (Å²) in [6.07, 6.45) is 4.39. The van der Waals surface area contributed by atoms with Gasteiger partial charge in [0.1, 0.15) is 11.6 Å². The summed E-state index contributed by atoms with van der Waals surface area (Å²) < 4.78 is 13.2. The quantitative estimate of drug-likeness (QED) is 0.752. The maximum absolute atomic E-state index is 13.2. The van der Waals surface area contributed by atoms with Gasteiger partial charge in [0.05, 0.1) is 10.6 Å². The molecule has 0 fully saturated rings. The Kier molecular flexibility index (Phi) is 4.34. The molecule has 0 saturated heterocycles. The van der Waals surface area contributed by atoms with Gasteiger partial charge in [-0.15, -0.1) is 11.3 Å². The summed E-state index contributed by atoms with van der Waals surface area (Å²) >= 11 is 1.51. The van der Waals surface area contributed by atoms with Crippen molar-refractivity contribution in [2.24, 2.45) is 0 Å². The molecule has 1 aromatic heterocycles. The number of fused-ring (bicyclic) bond motifs is 1. The Hall–Kier alpha value is -2.34. The highest BCUT2D eigenvalue weighted by Crippen LogP contribution is 2.29. The van der Waals surface area contributed by atoms with Gasteiger partial charge in [-0.3, -0.25) is 15.6 Å². The summed E-state index contributed by atoms with van der Waals surface area (Å²) in [6, 6.07) is 5.48. The fourth-order valence-corrected chi connectivity index (χ4v) is 3.76. The molecular weight excluding hydrogens is 315 g/mol. The van der Waals surface area contributed by atoms with E-state index in [0.717, 1.165) is 25.0 Å². The molecule has 0 aliphatic heterocycles. The Balaban J connectivity index is 1.65. The fourth-order valence-electron chi connectivity index (χ4n) is 2.61. The molecule has 1 amide bonds. The standard InChI is InChI=1S/C17H17FN2O2S/c1-10(13-9-12(18)6-7-14(13)21)19-20-17(22)16-8-11-4-2-3-5-15(11)23-16/h6-9,19,21H,1-5H2,(H,20,22). The minimum Gasteiger partial charge on any atom is -0.507 e. The Morgan fingerprint density at radius 3 is 2.78 bits per heavy atom. The third-order valence-corrected chi connectivity index (χ3v) is 5.07. The van der Waals surface area contributed by atoms with E-state index in [2.05, 4.69) is 17.4 Å². The Morgan fingerprint density at radius 1 is 1.22 bits per heavy atom. The van der Waals surface area contributed by atoms with Crippen molar-refractivity contribution >= 4 is 22.9 Å². The van der Waals surface area contributed by atoms with Crippen molar-refractivity contribution in [2.45, 2.75) is 25.7 Å². The number of thiophene rings is 1. The Morgan fingerprint density at radius 2 is 2.00 bits per heavy atom. The summed E-state index contributed by atoms with van der Waals surface area (Å²) in [5, 5.41) is 9.72. The summed E-state index contributed by atoms with van der Waals surface area (Å²) in [5.41, 5.74) is 6.85. The highest BCUT2D eigenvalue weighted by molar-refractivity contribution is 7.14. The van der Waals surface area contributed by atoms with E-state index in [0.29, 0.717) is 4.88 Å². The number of halogens is 1. The fraction of sp³-hybridized carbons (Fsp3) is 0.235. The van der Waals surface area contributed by atoms with Crippen LogP contribution in [0.4, 0.5) is 4.39 Å². The Labute approximate surface area is 137 Å². The van der Waals surface area contributed by atoms with E-state index in [1.165, 1.54) is 40.7 Å². The molecule has 1 aliphatic rings. The van der Waals surface area contributed by atoms with Crippen molar-refractivity contribution in [1.29, 1.82) is 0 Å². The molecule has 0 spiro atoms. The number of carbonyl (C=O) groups excluding carboxylic acids is 1. The largest absolute Gasteiger partial charge is 0.507 e. The average molecular weight is 332 g/mol. The second-order valence-corrected chi connectivity index (χ2v) is 6.62. The predicted octanol–water partition coefficient (Wildman–Crippen LogP) is 3.38. The molecule has 4 nitrogen and oxygen atoms in total. The lowest BCUT2D eigenvalue weighted by atomic mass is 9.99. The van der Waals surface area contributed by atoms with Gasteiger partial charge in [-0.25, -0.2) is 4.39 Å². The van der Waals surface area contributed by atoms with E-state index < -0.39 is 5.82 Å². The number of aromatic hydroxyl groups is 1. The van der Waals surface area contributed by atoms with Gasteiger partial charge < -0.3 is 5.11 Å². The van der Waals surface area contributed by atoms with Crippen LogP contribution in [-0.2, 0) is 12.8 Å². The van der Waals surface area contributed by atoms with Crippen LogP contribution >= 0.6 is 11.3 Å². The molecule has 0 unspecified atom stereocenters. The van der Waals surface area contributed by atoms with Gasteiger partial charge in [-0.2, -0.15) is 0 Å². The van der Waals surface area contributed by atoms with E-state index in [1.807, 2.05) is 6.07 Å². The van der Waals surface area contributed by atoms with Crippen molar-refractivity contribution in [3.05, 3.63) is 57.5 Å². The van der Waals surface area contributed by atoms with E-state index in [4.69, 9.17) is 0 Å². The minimum atomic E-state index is -0.488. The van der Waals surface area contributed by atoms with Crippen LogP contribution in [0.25, 0.3) is 5.70 Å². The van der Waals surface area contributed by atoms with Gasteiger partial charge in [0.2, 0.25) is 0 Å². The summed E-state index contributed by atoms with van der Waals surface area (Å²) in [7, 11) is 0. The summed E-state index contributed by atoms with van der Waals surface area (Å²) in [4.78, 5) is 14.1. The maximum Gasteiger partial charge on any atom is 0.279 e. The summed E-state index contributed by atoms with van der Waals surface area (Å²) in [6.45, 7) is 3.71. The lowest BCUT2D eigenvalue weighted by Gasteiger charge is -2.12. The van der Waals surface area contributed by atoms with Crippen molar-refractivity contribution < 1.29 is 14.3 Å². The molecule has 1 aliphatic carbocycles. The highest BCUT2D eigenvalue weighted by Gasteiger charge is 2.17. The number of phenolic OH excluding ortho intramolecular Hbond substituents is 1. The number of amides is 1. The number of phenols is 1. The molecule has 3 N–H and O–H groups in total. The number of carbonyl (C=O) groups is 1. The van der Waals surface area contributed by atoms with Crippen molar-refractivity contribution in [3.63, 3.8) is 0 Å². The number of hydrazine groups is 1. The molecule has 0 radical (unpaired) electrons. The van der Waals surface area contributed by atoms with Crippen LogP contribution in [0.5, 0.6) is 5.75 Å². The predicted molar refractivity (Wildman–Crippen MR) is 88.7 cm³/mol. The normalized spacial score (nSPS) is 13.3. The lowest BCUT2D eigenvalue weighted by molar-refractivity contribution is 0.0946. The molecule has 23 heavy (non-hydrogen) atoms. The average Bonchev–Trinajstić information content (AvgIpc) is 2.98. The van der Waals surface area contributed by atoms with Crippen LogP contribution in [0.2, 0.25) is 0 Å². The molecule has 0 atom stereocenters. The molecule has 6 heteroatoms. The number of rotatable bonds is 4. The van der Waals surface area contributed by atoms with Crippen molar-refractivity contribution in [3.8, 4) is 5.75 Å². The first-order chi connectivity index (χ1) is 11.0. The smallest absolute Gasteiger partial charge is 0.279 e. The van der Waals surface area contributed by atoms with E-state index >= 15 is 0 Å². The van der Waals surface area contributed by atoms with Crippen LogP contribution in [0.1, 0.15) is 38.5 Å². The van der Waals surface area contributed by atoms with Crippen LogP contribution in [0.15, 0.2) is 30.8 Å². The van der Waals surface area contributed by atoms with E-state index in [-0.39, 0.29) is 22.9 Å². The van der Waals surface area contributed by atoms with Crippen molar-refractivity contribution in [2.75, 3.05) is 0 Å². The molecular formula is C17H17FN2O2S. The first-order valence-electron chi connectivity index (χ1n) is 7.40. The zero-order chi connectivity index (χ0) is 16.4. The monoisotopic (exact) mass is 332 g/mol. The van der Waals surface area contributed by atoms with E-state index in [1.54, 1.807) is 0 Å². The molecule has 2 aromatic rings. The number of hydrogen-bond donors (Lipinski definition) is 3. The van der Waals surface area contributed by atoms with Gasteiger partial charge in [-0.05, 0) is 55.5 Å². The third-order valence-electron chi connectivity index (χ3n) is 3.83. The second-order valence-electron chi connectivity index (χ2n) is 5.49. The zero-order valence-corrected chi connectivity index (χ0v) is 13.3. The van der Waals surface area contributed by atoms with Gasteiger partial charge >= 0.3 is 0 Å². The van der Waals surface area contributed by atoms with Gasteiger partial charge in [0.25, 0.3) is 5.91 Å². The molecule has 1 aromatic carbocycles. The molecule has 120 valence electrons. The SMILES string of the molecule is C=C(NNC(=O)c1cc2c(s1)CCCC2)c1cc(F)ccc1O. The number of hydrogen-bond acceptors (Lipinski definition) is 4. The molecule has 1 heterocycles. The zero-order valence-electron chi connectivity index (χ0n) is 12.5. The van der Waals surface area contributed by atoms with Gasteiger partial charge in [0, 0.05) is 10.4 Å². The topological polar surface area (TPSA) is 61.4 Å². The number of aryl methyl sites for hydroxylation is 2. The second kappa shape index (κ2) is 6.42. The molecule has 3 rings (SSSR count). The van der Waals surface area contributed by atoms with E-state index in [9.17, 15) is 14.3 Å². The lowest BCUT2D eigenvalue weighted by Crippen LogP contribution is -2.35. The highest BCUT2D eigenvalue weighted by atomic mass is 32.1. The first kappa shape index (κ1) is 15.6. The van der Waals surface area contributed by atoms with Crippen LogP contribution in [0, 0.1) is 5.82 Å². The van der Waals surface area contributed by atoms with Crippen LogP contribution in [-0.4, -0.2) is 11.0 Å². The Bertz CT molecular complexity index is 746. The minimum absolute atomic E-state index is 0.107. The number of nitrogens with one attached hydrogen (secondary N) is 2. The maximum atomic E-state index is 13.2. The van der Waals surface area contributed by atoms with Crippen LogP contribution < -0.4 is 10.9 Å². The van der Waals surface area contributed by atoms with Crippen molar-refractivity contribution in [1.82, 2.24) is 10.9 Å².